The van der Waals surface area contributed by atoms with Crippen LogP contribution < -0.4 is 4.74 Å². The molecule has 1 aliphatic carbocycles. The number of rotatable bonds is 3. The van der Waals surface area contributed by atoms with Crippen LogP contribution in [-0.4, -0.2) is 25.6 Å². The van der Waals surface area contributed by atoms with E-state index in [-0.39, 0.29) is 23.7 Å². The summed E-state index contributed by atoms with van der Waals surface area (Å²) in [5.41, 5.74) is 0.298. The summed E-state index contributed by atoms with van der Waals surface area (Å²) in [4.78, 5) is 0. The molecule has 1 saturated heterocycles. The van der Waals surface area contributed by atoms with Crippen molar-refractivity contribution in [1.82, 2.24) is 0 Å². The Morgan fingerprint density at radius 2 is 1.73 bits per heavy atom. The van der Waals surface area contributed by atoms with E-state index in [0.717, 1.165) is 0 Å². The van der Waals surface area contributed by atoms with Crippen molar-refractivity contribution in [1.29, 1.82) is 0 Å². The van der Waals surface area contributed by atoms with Gasteiger partial charge in [-0.3, -0.25) is 0 Å². The summed E-state index contributed by atoms with van der Waals surface area (Å²) in [6.45, 7) is 3.10. The van der Waals surface area contributed by atoms with Crippen molar-refractivity contribution < 1.29 is 27.4 Å². The molecule has 0 N–H and O–H groups in total. The van der Waals surface area contributed by atoms with Gasteiger partial charge in [-0.1, -0.05) is 6.07 Å². The van der Waals surface area contributed by atoms with Crippen molar-refractivity contribution in [2.75, 3.05) is 19.8 Å². The Hall–Kier alpha value is -1.79. The molecule has 26 heavy (non-hydrogen) atoms. The SMILES string of the molecule is CCOc1ccc2cc(C3CCC4(CC3)OCCO4)c(F)c(F)c2c1F. The molecule has 0 atom stereocenters. The highest BCUT2D eigenvalue weighted by molar-refractivity contribution is 5.86. The number of hydrogen-bond acceptors (Lipinski definition) is 3. The molecule has 140 valence electrons. The average Bonchev–Trinajstić information content (AvgIpc) is 3.09. The lowest BCUT2D eigenvalue weighted by molar-refractivity contribution is -0.178. The minimum atomic E-state index is -1.15. The molecular formula is C20H21F3O3. The van der Waals surface area contributed by atoms with E-state index in [1.54, 1.807) is 19.1 Å². The van der Waals surface area contributed by atoms with E-state index in [9.17, 15) is 13.2 Å². The quantitative estimate of drug-likeness (QED) is 0.760. The maximum atomic E-state index is 14.7. The van der Waals surface area contributed by atoms with Crippen LogP contribution in [0.4, 0.5) is 13.2 Å². The number of ether oxygens (including phenoxy) is 3. The van der Waals surface area contributed by atoms with Crippen molar-refractivity contribution in [3.8, 4) is 5.75 Å². The molecule has 1 spiro atoms. The highest BCUT2D eigenvalue weighted by Crippen LogP contribution is 2.44. The Morgan fingerprint density at radius 3 is 2.38 bits per heavy atom. The summed E-state index contributed by atoms with van der Waals surface area (Å²) in [5, 5.41) is -0.0135. The second-order valence-electron chi connectivity index (χ2n) is 6.88. The maximum absolute atomic E-state index is 14.7. The van der Waals surface area contributed by atoms with Gasteiger partial charge >= 0.3 is 0 Å². The van der Waals surface area contributed by atoms with Gasteiger partial charge in [0.1, 0.15) is 0 Å². The van der Waals surface area contributed by atoms with Crippen LogP contribution in [0.25, 0.3) is 10.8 Å². The summed E-state index contributed by atoms with van der Waals surface area (Å²) < 4.78 is 60.4. The summed E-state index contributed by atoms with van der Waals surface area (Å²) in [6.07, 6.45) is 2.57. The highest BCUT2D eigenvalue weighted by Gasteiger charge is 2.41. The van der Waals surface area contributed by atoms with Gasteiger partial charge in [0.2, 0.25) is 0 Å². The van der Waals surface area contributed by atoms with Gasteiger partial charge in [0.15, 0.2) is 29.0 Å². The maximum Gasteiger partial charge on any atom is 0.175 e. The summed E-state index contributed by atoms with van der Waals surface area (Å²) in [5.74, 6) is -3.74. The Morgan fingerprint density at radius 1 is 1.04 bits per heavy atom. The van der Waals surface area contributed by atoms with E-state index < -0.39 is 23.2 Å². The van der Waals surface area contributed by atoms with Gasteiger partial charge in [-0.2, -0.15) is 0 Å². The van der Waals surface area contributed by atoms with E-state index in [4.69, 9.17) is 14.2 Å². The summed E-state index contributed by atoms with van der Waals surface area (Å²) >= 11 is 0. The van der Waals surface area contributed by atoms with E-state index in [2.05, 4.69) is 0 Å². The monoisotopic (exact) mass is 366 g/mol. The van der Waals surface area contributed by atoms with Gasteiger partial charge in [0.05, 0.1) is 25.2 Å². The summed E-state index contributed by atoms with van der Waals surface area (Å²) in [7, 11) is 0. The molecule has 0 aromatic heterocycles. The highest BCUT2D eigenvalue weighted by atomic mass is 19.2. The molecule has 0 radical (unpaired) electrons. The first-order valence-corrected chi connectivity index (χ1v) is 9.05. The zero-order valence-corrected chi connectivity index (χ0v) is 14.6. The lowest BCUT2D eigenvalue weighted by atomic mass is 9.80. The molecular weight excluding hydrogens is 345 g/mol. The molecule has 2 aromatic rings. The molecule has 4 rings (SSSR count). The van der Waals surface area contributed by atoms with E-state index >= 15 is 0 Å². The molecule has 0 amide bonds. The summed E-state index contributed by atoms with van der Waals surface area (Å²) in [6, 6.07) is 4.59. The zero-order valence-electron chi connectivity index (χ0n) is 14.6. The fourth-order valence-electron chi connectivity index (χ4n) is 4.10. The smallest absolute Gasteiger partial charge is 0.175 e. The van der Waals surface area contributed by atoms with Gasteiger partial charge in [-0.15, -0.1) is 0 Å². The minimum absolute atomic E-state index is 0.0683. The number of fused-ring (bicyclic) bond motifs is 1. The third-order valence-electron chi connectivity index (χ3n) is 5.42. The van der Waals surface area contributed by atoms with Crippen molar-refractivity contribution in [3.05, 3.63) is 41.2 Å². The molecule has 6 heteroatoms. The Bertz CT molecular complexity index is 821. The van der Waals surface area contributed by atoms with Crippen molar-refractivity contribution in [2.45, 2.75) is 44.3 Å². The Labute approximate surface area is 150 Å². The molecule has 2 aliphatic rings. The molecule has 2 aromatic carbocycles. The van der Waals surface area contributed by atoms with Crippen molar-refractivity contribution in [3.63, 3.8) is 0 Å². The fraction of sp³-hybridized carbons (Fsp3) is 0.500. The fourth-order valence-corrected chi connectivity index (χ4v) is 4.10. The molecule has 1 saturated carbocycles. The average molecular weight is 366 g/mol. The normalized spacial score (nSPS) is 20.2. The van der Waals surface area contributed by atoms with Gasteiger partial charge in [0, 0.05) is 12.8 Å². The van der Waals surface area contributed by atoms with Crippen LogP contribution in [0.3, 0.4) is 0 Å². The second-order valence-corrected chi connectivity index (χ2v) is 6.88. The minimum Gasteiger partial charge on any atom is -0.491 e. The van der Waals surface area contributed by atoms with Crippen molar-refractivity contribution >= 4 is 10.8 Å². The first-order valence-electron chi connectivity index (χ1n) is 9.05. The molecule has 0 unspecified atom stereocenters. The largest absolute Gasteiger partial charge is 0.491 e. The standard InChI is InChI=1S/C20H21F3O3/c1-2-24-15-4-3-13-11-14(17(21)19(23)16(13)18(15)22)12-5-7-20(8-6-12)25-9-10-26-20/h3-4,11-12H,2,5-10H2,1H3. The van der Waals surface area contributed by atoms with Gasteiger partial charge in [-0.25, -0.2) is 13.2 Å². The second kappa shape index (κ2) is 6.74. The van der Waals surface area contributed by atoms with Crippen LogP contribution in [0.5, 0.6) is 5.75 Å². The molecule has 1 aliphatic heterocycles. The lowest BCUT2D eigenvalue weighted by Crippen LogP contribution is -2.34. The Balaban J connectivity index is 1.68. The van der Waals surface area contributed by atoms with Crippen LogP contribution in [0.1, 0.15) is 44.1 Å². The van der Waals surface area contributed by atoms with Gasteiger partial charge < -0.3 is 14.2 Å². The molecule has 3 nitrogen and oxygen atoms in total. The van der Waals surface area contributed by atoms with Crippen LogP contribution in [-0.2, 0) is 9.47 Å². The predicted octanol–water partition coefficient (Wildman–Crippen LogP) is 5.06. The molecule has 2 fully saturated rings. The van der Waals surface area contributed by atoms with E-state index in [0.29, 0.717) is 49.8 Å². The first kappa shape index (κ1) is 17.6. The van der Waals surface area contributed by atoms with Crippen molar-refractivity contribution in [2.24, 2.45) is 0 Å². The van der Waals surface area contributed by atoms with E-state index in [1.165, 1.54) is 6.07 Å². The third kappa shape index (κ3) is 2.85. The van der Waals surface area contributed by atoms with Gasteiger partial charge in [0.25, 0.3) is 0 Å². The lowest BCUT2D eigenvalue weighted by Gasteiger charge is -2.35. The number of benzene rings is 2. The van der Waals surface area contributed by atoms with E-state index in [1.807, 2.05) is 0 Å². The number of hydrogen-bond donors (Lipinski definition) is 0. The van der Waals surface area contributed by atoms with Gasteiger partial charge in [-0.05, 0) is 48.8 Å². The number of halogens is 3. The van der Waals surface area contributed by atoms with Crippen LogP contribution in [0, 0.1) is 17.5 Å². The van der Waals surface area contributed by atoms with Crippen LogP contribution >= 0.6 is 0 Å². The topological polar surface area (TPSA) is 27.7 Å². The first-order chi connectivity index (χ1) is 12.5. The predicted molar refractivity (Wildman–Crippen MR) is 90.8 cm³/mol. The zero-order chi connectivity index (χ0) is 18.3. The van der Waals surface area contributed by atoms with Crippen LogP contribution in [0.2, 0.25) is 0 Å². The molecule has 0 bridgehead atoms. The Kier molecular flexibility index (Phi) is 4.57. The van der Waals surface area contributed by atoms with Crippen LogP contribution in [0.15, 0.2) is 18.2 Å². The molecule has 1 heterocycles. The third-order valence-corrected chi connectivity index (χ3v) is 5.42.